The first-order valence-electron chi connectivity index (χ1n) is 8.83. The summed E-state index contributed by atoms with van der Waals surface area (Å²) in [5.41, 5.74) is 4.91. The molecule has 2 aromatic heterocycles. The van der Waals surface area contributed by atoms with Gasteiger partial charge in [0.2, 0.25) is 5.78 Å². The molecule has 3 aromatic rings. The maximum absolute atomic E-state index is 12.6. The van der Waals surface area contributed by atoms with Crippen LogP contribution < -0.4 is 0 Å². The fourth-order valence-corrected chi connectivity index (χ4v) is 3.05. The Hall–Kier alpha value is -3.08. The van der Waals surface area contributed by atoms with Crippen LogP contribution in [0, 0.1) is 27.7 Å². The summed E-state index contributed by atoms with van der Waals surface area (Å²) in [4.78, 5) is 24.8. The molecule has 0 atom stereocenters. The Morgan fingerprint density at radius 3 is 2.48 bits per heavy atom. The van der Waals surface area contributed by atoms with Crippen molar-refractivity contribution in [1.82, 2.24) is 4.57 Å². The maximum atomic E-state index is 12.6. The van der Waals surface area contributed by atoms with Crippen molar-refractivity contribution in [3.05, 3.63) is 82.1 Å². The molecule has 0 saturated carbocycles. The second-order valence-corrected chi connectivity index (χ2v) is 6.75. The number of furan rings is 1. The van der Waals surface area contributed by atoms with Crippen molar-refractivity contribution in [1.29, 1.82) is 0 Å². The normalized spacial score (nSPS) is 10.8. The summed E-state index contributed by atoms with van der Waals surface area (Å²) in [7, 11) is 0. The molecule has 0 fully saturated rings. The van der Waals surface area contributed by atoms with Gasteiger partial charge in [0.25, 0.3) is 0 Å². The van der Waals surface area contributed by atoms with Crippen molar-refractivity contribution >= 4 is 11.8 Å². The van der Waals surface area contributed by atoms with Crippen LogP contribution in [0.4, 0.5) is 0 Å². The lowest BCUT2D eigenvalue weighted by Gasteiger charge is -2.08. The van der Waals surface area contributed by atoms with Crippen LogP contribution in [0.15, 0.2) is 47.1 Å². The van der Waals surface area contributed by atoms with Gasteiger partial charge in [-0.3, -0.25) is 4.79 Å². The Morgan fingerprint density at radius 2 is 1.81 bits per heavy atom. The van der Waals surface area contributed by atoms with Gasteiger partial charge < -0.3 is 13.7 Å². The molecule has 0 bridgehead atoms. The molecular formula is C22H23NO4. The summed E-state index contributed by atoms with van der Waals surface area (Å²) in [5, 5.41) is 0. The van der Waals surface area contributed by atoms with Crippen molar-refractivity contribution in [2.45, 2.75) is 34.2 Å². The number of carbonyl (C=O) groups is 2. The summed E-state index contributed by atoms with van der Waals surface area (Å²) < 4.78 is 12.6. The van der Waals surface area contributed by atoms with Gasteiger partial charge in [-0.2, -0.15) is 0 Å². The number of carbonyl (C=O) groups excluding carboxylic acids is 2. The van der Waals surface area contributed by atoms with Gasteiger partial charge in [0.15, 0.2) is 6.61 Å². The molecule has 2 heterocycles. The highest BCUT2D eigenvalue weighted by Gasteiger charge is 2.18. The zero-order valence-corrected chi connectivity index (χ0v) is 16.0. The fourth-order valence-electron chi connectivity index (χ4n) is 3.05. The van der Waals surface area contributed by atoms with Crippen LogP contribution in [0.2, 0.25) is 0 Å². The number of esters is 1. The molecule has 5 nitrogen and oxygen atoms in total. The average Bonchev–Trinajstić information content (AvgIpc) is 3.25. The Bertz CT molecular complexity index is 980. The van der Waals surface area contributed by atoms with E-state index in [1.807, 2.05) is 56.5 Å². The van der Waals surface area contributed by atoms with Crippen LogP contribution in [0.25, 0.3) is 0 Å². The van der Waals surface area contributed by atoms with Gasteiger partial charge in [-0.25, -0.2) is 4.79 Å². The summed E-state index contributed by atoms with van der Waals surface area (Å²) in [6, 6.07) is 10.9. The van der Waals surface area contributed by atoms with Gasteiger partial charge in [-0.05, 0) is 69.2 Å². The van der Waals surface area contributed by atoms with Crippen molar-refractivity contribution in [3.63, 3.8) is 0 Å². The van der Waals surface area contributed by atoms with Crippen LogP contribution in [0.1, 0.15) is 49.0 Å². The number of ether oxygens (including phenoxy) is 1. The summed E-state index contributed by atoms with van der Waals surface area (Å²) in [5.74, 6) is 0.110. The van der Waals surface area contributed by atoms with Crippen LogP contribution in [-0.2, 0) is 11.3 Å². The first kappa shape index (κ1) is 18.7. The van der Waals surface area contributed by atoms with Crippen molar-refractivity contribution in [2.75, 3.05) is 6.61 Å². The van der Waals surface area contributed by atoms with E-state index in [9.17, 15) is 9.59 Å². The summed E-state index contributed by atoms with van der Waals surface area (Å²) >= 11 is 0. The minimum absolute atomic E-state index is 0.217. The van der Waals surface area contributed by atoms with Crippen molar-refractivity contribution in [2.24, 2.45) is 0 Å². The monoisotopic (exact) mass is 365 g/mol. The molecule has 27 heavy (non-hydrogen) atoms. The van der Waals surface area contributed by atoms with Crippen LogP contribution in [0.3, 0.4) is 0 Å². The number of benzene rings is 1. The Labute approximate surface area is 158 Å². The van der Waals surface area contributed by atoms with E-state index in [2.05, 4.69) is 0 Å². The molecular weight excluding hydrogens is 342 g/mol. The Kier molecular flexibility index (Phi) is 5.31. The average molecular weight is 365 g/mol. The third-order valence-electron chi connectivity index (χ3n) is 4.85. The first-order valence-corrected chi connectivity index (χ1v) is 8.83. The molecule has 0 aliphatic rings. The van der Waals surface area contributed by atoms with E-state index in [-0.39, 0.29) is 12.4 Å². The van der Waals surface area contributed by atoms with Gasteiger partial charge in [0, 0.05) is 17.0 Å². The number of aromatic nitrogens is 1. The fraction of sp³-hybridized carbons (Fsp3) is 0.273. The second kappa shape index (κ2) is 7.66. The van der Waals surface area contributed by atoms with Gasteiger partial charge >= 0.3 is 5.97 Å². The molecule has 0 N–H and O–H groups in total. The van der Waals surface area contributed by atoms with E-state index in [1.165, 1.54) is 0 Å². The predicted octanol–water partition coefficient (Wildman–Crippen LogP) is 4.40. The minimum Gasteiger partial charge on any atom is -0.467 e. The number of ketones is 1. The highest BCUT2D eigenvalue weighted by atomic mass is 16.5. The third-order valence-corrected chi connectivity index (χ3v) is 4.85. The largest absolute Gasteiger partial charge is 0.467 e. The van der Waals surface area contributed by atoms with Gasteiger partial charge in [-0.1, -0.05) is 6.07 Å². The SMILES string of the molecule is Cc1ccc(C(=O)OCC(=O)c2cc(C)n(Cc3ccco3)c2C)cc1C. The number of rotatable bonds is 6. The number of hydrogen-bond acceptors (Lipinski definition) is 4. The van der Waals surface area contributed by atoms with Crippen molar-refractivity contribution < 1.29 is 18.7 Å². The summed E-state index contributed by atoms with van der Waals surface area (Å²) in [6.07, 6.45) is 1.63. The topological polar surface area (TPSA) is 61.4 Å². The van der Waals surface area contributed by atoms with E-state index in [0.717, 1.165) is 28.3 Å². The highest BCUT2D eigenvalue weighted by molar-refractivity contribution is 6.00. The number of aryl methyl sites for hydroxylation is 3. The lowest BCUT2D eigenvalue weighted by molar-refractivity contribution is 0.0474. The molecule has 3 rings (SSSR count). The lowest BCUT2D eigenvalue weighted by Crippen LogP contribution is -2.15. The predicted molar refractivity (Wildman–Crippen MR) is 102 cm³/mol. The van der Waals surface area contributed by atoms with E-state index >= 15 is 0 Å². The summed E-state index contributed by atoms with van der Waals surface area (Å²) in [6.45, 7) is 8.01. The second-order valence-electron chi connectivity index (χ2n) is 6.75. The molecule has 1 aromatic carbocycles. The highest BCUT2D eigenvalue weighted by Crippen LogP contribution is 2.18. The molecule has 140 valence electrons. The standard InChI is InChI=1S/C22H23NO4/c1-14-7-8-18(10-15(14)2)22(25)27-13-21(24)20-11-16(3)23(17(20)4)12-19-6-5-9-26-19/h5-11H,12-13H2,1-4H3. The van der Waals surface area contributed by atoms with Crippen LogP contribution in [-0.4, -0.2) is 22.9 Å². The van der Waals surface area contributed by atoms with Gasteiger partial charge in [0.1, 0.15) is 5.76 Å². The molecule has 0 aliphatic carbocycles. The third kappa shape index (κ3) is 4.03. The van der Waals surface area contributed by atoms with E-state index in [0.29, 0.717) is 17.7 Å². The van der Waals surface area contributed by atoms with Crippen molar-refractivity contribution in [3.8, 4) is 0 Å². The smallest absolute Gasteiger partial charge is 0.338 e. The number of hydrogen-bond donors (Lipinski definition) is 0. The van der Waals surface area contributed by atoms with Gasteiger partial charge in [0.05, 0.1) is 18.4 Å². The molecule has 0 saturated heterocycles. The van der Waals surface area contributed by atoms with Crippen LogP contribution >= 0.6 is 0 Å². The first-order chi connectivity index (χ1) is 12.9. The molecule has 0 unspecified atom stereocenters. The maximum Gasteiger partial charge on any atom is 0.338 e. The zero-order valence-electron chi connectivity index (χ0n) is 16.0. The zero-order chi connectivity index (χ0) is 19.6. The van der Waals surface area contributed by atoms with E-state index < -0.39 is 5.97 Å². The molecule has 0 radical (unpaired) electrons. The van der Waals surface area contributed by atoms with Gasteiger partial charge in [-0.15, -0.1) is 0 Å². The molecule has 5 heteroatoms. The molecule has 0 aliphatic heterocycles. The van der Waals surface area contributed by atoms with E-state index in [4.69, 9.17) is 9.15 Å². The lowest BCUT2D eigenvalue weighted by atomic mass is 10.1. The molecule has 0 amide bonds. The quantitative estimate of drug-likeness (QED) is 0.480. The minimum atomic E-state index is -0.490. The Morgan fingerprint density at radius 1 is 1.04 bits per heavy atom. The Balaban J connectivity index is 1.69. The van der Waals surface area contributed by atoms with E-state index in [1.54, 1.807) is 18.4 Å². The molecule has 0 spiro atoms. The number of Topliss-reactive ketones (excluding diaryl/α,β-unsaturated/α-hetero) is 1. The van der Waals surface area contributed by atoms with Crippen LogP contribution in [0.5, 0.6) is 0 Å². The number of nitrogens with zero attached hydrogens (tertiary/aromatic N) is 1.